The van der Waals surface area contributed by atoms with Crippen molar-refractivity contribution in [2.45, 2.75) is 34.1 Å². The van der Waals surface area contributed by atoms with Crippen LogP contribution in [-0.4, -0.2) is 41.0 Å². The van der Waals surface area contributed by atoms with Gasteiger partial charge < -0.3 is 10.2 Å². The van der Waals surface area contributed by atoms with Crippen LogP contribution in [0.3, 0.4) is 0 Å². The molecule has 22 heavy (non-hydrogen) atoms. The van der Waals surface area contributed by atoms with Gasteiger partial charge in [-0.05, 0) is 68.7 Å². The summed E-state index contributed by atoms with van der Waals surface area (Å²) in [4.78, 5) is 11.2. The molecule has 0 saturated carbocycles. The van der Waals surface area contributed by atoms with E-state index < -0.39 is 0 Å². The average Bonchev–Trinajstić information content (AvgIpc) is 2.48. The zero-order valence-electron chi connectivity index (χ0n) is 13.9. The summed E-state index contributed by atoms with van der Waals surface area (Å²) in [5.74, 6) is 0.835. The molecule has 1 aromatic carbocycles. The molecule has 5 heteroatoms. The second-order valence-electron chi connectivity index (χ2n) is 5.63. The monoisotopic (exact) mass is 320 g/mol. The van der Waals surface area contributed by atoms with E-state index in [1.807, 2.05) is 0 Å². The lowest BCUT2D eigenvalue weighted by molar-refractivity contribution is 0.303. The summed E-state index contributed by atoms with van der Waals surface area (Å²) < 4.78 is 0. The molecule has 120 valence electrons. The van der Waals surface area contributed by atoms with Crippen LogP contribution in [0.4, 0.5) is 5.82 Å². The standard InChI is InChI=1S/C17H25ClN4/c1-5-22(6-2)9-7-8-19-16-14-11-12(3)10-13(4)15(14)20-17(18)21-16/h10-11H,5-9H2,1-4H3,(H,19,20,21). The quantitative estimate of drug-likeness (QED) is 0.617. The second kappa shape index (κ2) is 7.75. The van der Waals surface area contributed by atoms with Crippen LogP contribution in [0.1, 0.15) is 31.4 Å². The Morgan fingerprint density at radius 2 is 1.86 bits per heavy atom. The van der Waals surface area contributed by atoms with Gasteiger partial charge in [0.15, 0.2) is 0 Å². The first kappa shape index (κ1) is 17.0. The van der Waals surface area contributed by atoms with Crippen LogP contribution in [-0.2, 0) is 0 Å². The SMILES string of the molecule is CCN(CC)CCCNc1nc(Cl)nc2c(C)cc(C)cc12. The number of halogens is 1. The molecule has 0 bridgehead atoms. The van der Waals surface area contributed by atoms with Crippen LogP contribution < -0.4 is 5.32 Å². The highest BCUT2D eigenvalue weighted by Gasteiger charge is 2.09. The number of aryl methyl sites for hydroxylation is 2. The Labute approximate surface area is 137 Å². The Kier molecular flexibility index (Phi) is 5.98. The fraction of sp³-hybridized carbons (Fsp3) is 0.529. The normalized spacial score (nSPS) is 11.4. The van der Waals surface area contributed by atoms with E-state index in [0.717, 1.165) is 54.9 Å². The molecule has 0 aliphatic rings. The van der Waals surface area contributed by atoms with E-state index in [-0.39, 0.29) is 0 Å². The maximum absolute atomic E-state index is 6.07. The number of aromatic nitrogens is 2. The average molecular weight is 321 g/mol. The van der Waals surface area contributed by atoms with Crippen LogP contribution >= 0.6 is 11.6 Å². The predicted octanol–water partition coefficient (Wildman–Crippen LogP) is 4.04. The molecular weight excluding hydrogens is 296 g/mol. The minimum atomic E-state index is 0.297. The Morgan fingerprint density at radius 3 is 2.55 bits per heavy atom. The maximum Gasteiger partial charge on any atom is 0.224 e. The molecule has 1 N–H and O–H groups in total. The molecule has 0 aliphatic heterocycles. The summed E-state index contributed by atoms with van der Waals surface area (Å²) in [6, 6.07) is 4.24. The van der Waals surface area contributed by atoms with Gasteiger partial charge in [0.05, 0.1) is 5.52 Å². The molecule has 0 unspecified atom stereocenters. The van der Waals surface area contributed by atoms with Crippen LogP contribution in [0.15, 0.2) is 12.1 Å². The molecule has 2 rings (SSSR count). The van der Waals surface area contributed by atoms with Gasteiger partial charge in [0.25, 0.3) is 0 Å². The highest BCUT2D eigenvalue weighted by Crippen LogP contribution is 2.26. The van der Waals surface area contributed by atoms with E-state index in [0.29, 0.717) is 5.28 Å². The second-order valence-corrected chi connectivity index (χ2v) is 5.96. The third-order valence-electron chi connectivity index (χ3n) is 3.95. The summed E-state index contributed by atoms with van der Waals surface area (Å²) in [5.41, 5.74) is 3.27. The van der Waals surface area contributed by atoms with Crippen molar-refractivity contribution in [3.63, 3.8) is 0 Å². The molecule has 0 radical (unpaired) electrons. The topological polar surface area (TPSA) is 41.0 Å². The number of hydrogen-bond acceptors (Lipinski definition) is 4. The van der Waals surface area contributed by atoms with E-state index in [1.54, 1.807) is 0 Å². The van der Waals surface area contributed by atoms with Gasteiger partial charge in [-0.2, -0.15) is 0 Å². The summed E-state index contributed by atoms with van der Waals surface area (Å²) in [7, 11) is 0. The molecule has 0 atom stereocenters. The number of nitrogens with zero attached hydrogens (tertiary/aromatic N) is 3. The van der Waals surface area contributed by atoms with Gasteiger partial charge >= 0.3 is 0 Å². The van der Waals surface area contributed by atoms with Gasteiger partial charge in [-0.1, -0.05) is 19.9 Å². The molecule has 0 spiro atoms. The van der Waals surface area contributed by atoms with Crippen LogP contribution in [0.5, 0.6) is 0 Å². The smallest absolute Gasteiger partial charge is 0.224 e. The van der Waals surface area contributed by atoms with Crippen molar-refractivity contribution in [1.82, 2.24) is 14.9 Å². The third kappa shape index (κ3) is 4.08. The molecule has 0 saturated heterocycles. The van der Waals surface area contributed by atoms with E-state index in [1.165, 1.54) is 5.56 Å². The number of benzene rings is 1. The van der Waals surface area contributed by atoms with Crippen molar-refractivity contribution in [2.24, 2.45) is 0 Å². The van der Waals surface area contributed by atoms with Crippen molar-refractivity contribution in [2.75, 3.05) is 31.5 Å². The van der Waals surface area contributed by atoms with Crippen LogP contribution in [0, 0.1) is 13.8 Å². The van der Waals surface area contributed by atoms with Gasteiger partial charge in [-0.3, -0.25) is 0 Å². The number of hydrogen-bond donors (Lipinski definition) is 1. The first-order valence-electron chi connectivity index (χ1n) is 7.95. The summed E-state index contributed by atoms with van der Waals surface area (Å²) in [6.45, 7) is 12.7. The number of fused-ring (bicyclic) bond motifs is 1. The first-order chi connectivity index (χ1) is 10.5. The molecule has 1 aromatic heterocycles. The van der Waals surface area contributed by atoms with Gasteiger partial charge in [0.1, 0.15) is 5.82 Å². The third-order valence-corrected chi connectivity index (χ3v) is 4.12. The maximum atomic E-state index is 6.07. The van der Waals surface area contributed by atoms with Crippen LogP contribution in [0.25, 0.3) is 10.9 Å². The molecule has 0 aliphatic carbocycles. The lowest BCUT2D eigenvalue weighted by Crippen LogP contribution is -2.25. The summed E-state index contributed by atoms with van der Waals surface area (Å²) in [5, 5.41) is 4.77. The van der Waals surface area contributed by atoms with Crippen molar-refractivity contribution in [3.8, 4) is 0 Å². The fourth-order valence-corrected chi connectivity index (χ4v) is 2.91. The van der Waals surface area contributed by atoms with Crippen molar-refractivity contribution in [3.05, 3.63) is 28.5 Å². The number of rotatable bonds is 7. The van der Waals surface area contributed by atoms with E-state index in [2.05, 4.69) is 60.0 Å². The lowest BCUT2D eigenvalue weighted by Gasteiger charge is -2.18. The molecule has 1 heterocycles. The van der Waals surface area contributed by atoms with E-state index in [9.17, 15) is 0 Å². The zero-order chi connectivity index (χ0) is 16.1. The number of anilines is 1. The molecular formula is C17H25ClN4. The minimum absolute atomic E-state index is 0.297. The van der Waals surface area contributed by atoms with Crippen molar-refractivity contribution < 1.29 is 0 Å². The van der Waals surface area contributed by atoms with Crippen LogP contribution in [0.2, 0.25) is 5.28 Å². The zero-order valence-corrected chi connectivity index (χ0v) is 14.7. The summed E-state index contributed by atoms with van der Waals surface area (Å²) >= 11 is 6.07. The predicted molar refractivity (Wildman–Crippen MR) is 94.9 cm³/mol. The Morgan fingerprint density at radius 1 is 1.14 bits per heavy atom. The number of nitrogens with one attached hydrogen (secondary N) is 1. The van der Waals surface area contributed by atoms with E-state index >= 15 is 0 Å². The van der Waals surface area contributed by atoms with Gasteiger partial charge in [0.2, 0.25) is 5.28 Å². The van der Waals surface area contributed by atoms with Crippen molar-refractivity contribution in [1.29, 1.82) is 0 Å². The van der Waals surface area contributed by atoms with Gasteiger partial charge in [-0.15, -0.1) is 0 Å². The Bertz CT molecular complexity index is 638. The Balaban J connectivity index is 2.14. The van der Waals surface area contributed by atoms with Gasteiger partial charge in [-0.25, -0.2) is 9.97 Å². The molecule has 0 fully saturated rings. The summed E-state index contributed by atoms with van der Waals surface area (Å²) in [6.07, 6.45) is 1.08. The lowest BCUT2D eigenvalue weighted by atomic mass is 10.1. The van der Waals surface area contributed by atoms with Gasteiger partial charge in [0, 0.05) is 11.9 Å². The first-order valence-corrected chi connectivity index (χ1v) is 8.33. The van der Waals surface area contributed by atoms with E-state index in [4.69, 9.17) is 11.6 Å². The van der Waals surface area contributed by atoms with Crippen molar-refractivity contribution >= 4 is 28.3 Å². The molecule has 4 nitrogen and oxygen atoms in total. The fourth-order valence-electron chi connectivity index (χ4n) is 2.74. The molecule has 2 aromatic rings. The minimum Gasteiger partial charge on any atom is -0.369 e. The Hall–Kier alpha value is -1.39. The molecule has 0 amide bonds. The highest BCUT2D eigenvalue weighted by atomic mass is 35.5. The highest BCUT2D eigenvalue weighted by molar-refractivity contribution is 6.28. The largest absolute Gasteiger partial charge is 0.369 e.